The molecule has 1 aromatic carbocycles. The van der Waals surface area contributed by atoms with Crippen LogP contribution in [0.4, 0.5) is 0 Å². The number of hydrogen-bond acceptors (Lipinski definition) is 4. The fraction of sp³-hybridized carbons (Fsp3) is 0.286. The summed E-state index contributed by atoms with van der Waals surface area (Å²) >= 11 is 5.95. The zero-order valence-corrected chi connectivity index (χ0v) is 11.5. The molecule has 6 heteroatoms. The summed E-state index contributed by atoms with van der Waals surface area (Å²) in [6, 6.07) is 8.71. The summed E-state index contributed by atoms with van der Waals surface area (Å²) < 4.78 is 0. The van der Waals surface area contributed by atoms with E-state index in [1.54, 1.807) is 12.1 Å². The first kappa shape index (κ1) is 14.7. The van der Waals surface area contributed by atoms with Gasteiger partial charge in [0.25, 0.3) is 5.91 Å². The summed E-state index contributed by atoms with van der Waals surface area (Å²) in [6.45, 7) is -0.00764. The number of aliphatic hydroxyl groups excluding tert-OH is 2. The number of nitrogens with zero attached hydrogens (tertiary/aromatic N) is 2. The first-order valence-corrected chi connectivity index (χ1v) is 6.61. The van der Waals surface area contributed by atoms with Gasteiger partial charge in [-0.05, 0) is 12.1 Å². The maximum Gasteiger partial charge on any atom is 0.254 e. The van der Waals surface area contributed by atoms with E-state index in [9.17, 15) is 4.79 Å². The van der Waals surface area contributed by atoms with E-state index < -0.39 is 0 Å². The highest BCUT2D eigenvalue weighted by Gasteiger charge is 2.18. The molecule has 0 unspecified atom stereocenters. The van der Waals surface area contributed by atoms with Gasteiger partial charge in [0.2, 0.25) is 0 Å². The highest BCUT2D eigenvalue weighted by Crippen LogP contribution is 2.22. The van der Waals surface area contributed by atoms with E-state index in [0.717, 1.165) is 0 Å². The molecular weight excluding hydrogens is 280 g/mol. The summed E-state index contributed by atoms with van der Waals surface area (Å²) in [5, 5.41) is 19.0. The minimum absolute atomic E-state index is 0.160. The monoisotopic (exact) mass is 294 g/mol. The molecule has 20 heavy (non-hydrogen) atoms. The molecule has 0 bridgehead atoms. The quantitative estimate of drug-likeness (QED) is 0.816. The van der Waals surface area contributed by atoms with Gasteiger partial charge < -0.3 is 15.1 Å². The van der Waals surface area contributed by atoms with Gasteiger partial charge in [-0.15, -0.1) is 0 Å². The number of carbonyl (C=O) groups is 1. The van der Waals surface area contributed by atoms with Gasteiger partial charge in [0.05, 0.1) is 24.3 Å². The minimum Gasteiger partial charge on any atom is -0.395 e. The third-order valence-electron chi connectivity index (χ3n) is 2.94. The summed E-state index contributed by atoms with van der Waals surface area (Å²) in [7, 11) is 0. The Labute approximate surface area is 121 Å². The second kappa shape index (κ2) is 6.65. The van der Waals surface area contributed by atoms with Crippen LogP contribution in [0.5, 0.6) is 0 Å². The average molecular weight is 295 g/mol. The summed E-state index contributed by atoms with van der Waals surface area (Å²) in [5.41, 5.74) is 1.05. The van der Waals surface area contributed by atoms with Gasteiger partial charge in [-0.25, -0.2) is 4.98 Å². The smallest absolute Gasteiger partial charge is 0.254 e. The Bertz CT molecular complexity index is 612. The molecule has 5 nitrogen and oxygen atoms in total. The van der Waals surface area contributed by atoms with Crippen LogP contribution in [0.2, 0.25) is 5.15 Å². The normalized spacial score (nSPS) is 10.8. The van der Waals surface area contributed by atoms with Gasteiger partial charge in [0.1, 0.15) is 5.15 Å². The maximum atomic E-state index is 12.5. The standard InChI is InChI=1S/C14H15ClN2O3/c15-13-9-11(10-3-1-2-4-12(10)16-13)14(20)17(5-7-18)6-8-19/h1-4,9,18-19H,5-8H2. The number of pyridine rings is 1. The molecule has 0 aliphatic rings. The molecule has 0 saturated carbocycles. The third-order valence-corrected chi connectivity index (χ3v) is 3.14. The number of aromatic nitrogens is 1. The van der Waals surface area contributed by atoms with Crippen LogP contribution in [0, 0.1) is 0 Å². The lowest BCUT2D eigenvalue weighted by Gasteiger charge is -2.21. The molecule has 1 heterocycles. The largest absolute Gasteiger partial charge is 0.395 e. The SMILES string of the molecule is O=C(c1cc(Cl)nc2ccccc12)N(CCO)CCO. The molecule has 2 aromatic rings. The van der Waals surface area contributed by atoms with Crippen LogP contribution in [0.15, 0.2) is 30.3 Å². The van der Waals surface area contributed by atoms with Gasteiger partial charge in [-0.3, -0.25) is 4.79 Å². The van der Waals surface area contributed by atoms with Crippen molar-refractivity contribution < 1.29 is 15.0 Å². The Kier molecular flexibility index (Phi) is 4.89. The third kappa shape index (κ3) is 3.07. The lowest BCUT2D eigenvalue weighted by atomic mass is 10.1. The van der Waals surface area contributed by atoms with E-state index in [4.69, 9.17) is 21.8 Å². The molecule has 2 rings (SSSR count). The van der Waals surface area contributed by atoms with Crippen molar-refractivity contribution in [2.75, 3.05) is 26.3 Å². The van der Waals surface area contributed by atoms with Crippen LogP contribution in [-0.4, -0.2) is 52.3 Å². The Morgan fingerprint density at radius 2 is 1.85 bits per heavy atom. The number of para-hydroxylation sites is 1. The molecule has 0 saturated heterocycles. The van der Waals surface area contributed by atoms with E-state index in [-0.39, 0.29) is 37.4 Å². The molecule has 1 amide bonds. The van der Waals surface area contributed by atoms with Gasteiger partial charge in [-0.2, -0.15) is 0 Å². The summed E-state index contributed by atoms with van der Waals surface area (Å²) in [5.74, 6) is -0.284. The molecule has 0 spiro atoms. The van der Waals surface area contributed by atoms with Crippen LogP contribution >= 0.6 is 11.6 Å². The van der Waals surface area contributed by atoms with E-state index in [2.05, 4.69) is 4.98 Å². The van der Waals surface area contributed by atoms with Crippen molar-refractivity contribution in [1.82, 2.24) is 9.88 Å². The fourth-order valence-electron chi connectivity index (χ4n) is 2.05. The number of benzene rings is 1. The zero-order chi connectivity index (χ0) is 14.5. The van der Waals surface area contributed by atoms with Crippen molar-refractivity contribution in [3.8, 4) is 0 Å². The van der Waals surface area contributed by atoms with Crippen LogP contribution in [0.25, 0.3) is 10.9 Å². The van der Waals surface area contributed by atoms with Gasteiger partial charge in [-0.1, -0.05) is 29.8 Å². The Morgan fingerprint density at radius 3 is 2.50 bits per heavy atom. The van der Waals surface area contributed by atoms with Crippen LogP contribution in [-0.2, 0) is 0 Å². The van der Waals surface area contributed by atoms with E-state index in [0.29, 0.717) is 16.5 Å². The number of rotatable bonds is 5. The van der Waals surface area contributed by atoms with Gasteiger partial charge in [0.15, 0.2) is 0 Å². The van der Waals surface area contributed by atoms with Gasteiger partial charge >= 0.3 is 0 Å². The van der Waals surface area contributed by atoms with Crippen LogP contribution in [0.1, 0.15) is 10.4 Å². The van der Waals surface area contributed by atoms with Crippen LogP contribution < -0.4 is 0 Å². The number of carbonyl (C=O) groups excluding carboxylic acids is 1. The van der Waals surface area contributed by atoms with E-state index >= 15 is 0 Å². The average Bonchev–Trinajstić information content (AvgIpc) is 2.45. The van der Waals surface area contributed by atoms with Crippen molar-refractivity contribution >= 4 is 28.4 Å². The first-order chi connectivity index (χ1) is 9.67. The second-order valence-electron chi connectivity index (χ2n) is 4.25. The first-order valence-electron chi connectivity index (χ1n) is 6.23. The number of hydrogen-bond donors (Lipinski definition) is 2. The summed E-state index contributed by atoms with van der Waals surface area (Å²) in [6.07, 6.45) is 0. The fourth-order valence-corrected chi connectivity index (χ4v) is 2.25. The van der Waals surface area contributed by atoms with Gasteiger partial charge in [0, 0.05) is 18.5 Å². The molecule has 2 N–H and O–H groups in total. The Balaban J connectivity index is 2.47. The predicted octanol–water partition coefficient (Wildman–Crippen LogP) is 1.31. The molecule has 1 aromatic heterocycles. The number of halogens is 1. The maximum absolute atomic E-state index is 12.5. The van der Waals surface area contributed by atoms with Crippen molar-refractivity contribution in [3.05, 3.63) is 41.0 Å². The number of amides is 1. The van der Waals surface area contributed by atoms with E-state index in [1.165, 1.54) is 11.0 Å². The highest BCUT2D eigenvalue weighted by molar-refractivity contribution is 6.30. The lowest BCUT2D eigenvalue weighted by molar-refractivity contribution is 0.0686. The number of aliphatic hydroxyl groups is 2. The summed E-state index contributed by atoms with van der Waals surface area (Å²) in [4.78, 5) is 18.1. The number of fused-ring (bicyclic) bond motifs is 1. The molecule has 106 valence electrons. The molecular formula is C14H15ClN2O3. The van der Waals surface area contributed by atoms with Crippen molar-refractivity contribution in [2.45, 2.75) is 0 Å². The van der Waals surface area contributed by atoms with Crippen molar-refractivity contribution in [1.29, 1.82) is 0 Å². The molecule has 0 fully saturated rings. The van der Waals surface area contributed by atoms with E-state index in [1.807, 2.05) is 12.1 Å². The molecule has 0 atom stereocenters. The molecule has 0 aliphatic heterocycles. The molecule has 0 radical (unpaired) electrons. The van der Waals surface area contributed by atoms with Crippen LogP contribution in [0.3, 0.4) is 0 Å². The van der Waals surface area contributed by atoms with Crippen molar-refractivity contribution in [3.63, 3.8) is 0 Å². The zero-order valence-electron chi connectivity index (χ0n) is 10.8. The van der Waals surface area contributed by atoms with Crippen molar-refractivity contribution in [2.24, 2.45) is 0 Å². The Morgan fingerprint density at radius 1 is 1.20 bits per heavy atom. The minimum atomic E-state index is -0.284. The highest BCUT2D eigenvalue weighted by atomic mass is 35.5. The molecule has 0 aliphatic carbocycles. The lowest BCUT2D eigenvalue weighted by Crippen LogP contribution is -2.36. The second-order valence-corrected chi connectivity index (χ2v) is 4.64. The topological polar surface area (TPSA) is 73.7 Å². The predicted molar refractivity (Wildman–Crippen MR) is 76.8 cm³/mol. The Hall–Kier alpha value is -1.69.